The van der Waals surface area contributed by atoms with Gasteiger partial charge < -0.3 is 11.0 Å². The van der Waals surface area contributed by atoms with Crippen LogP contribution in [0.5, 0.6) is 0 Å². The largest absolute Gasteiger partial charge is 0.412 e. The Kier molecular flexibility index (Phi) is 9.19. The first-order valence-corrected chi connectivity index (χ1v) is 9.70. The molecule has 0 spiro atoms. The number of rotatable bonds is 5. The molecule has 0 aliphatic carbocycles. The van der Waals surface area contributed by atoms with Crippen molar-refractivity contribution >= 4 is 30.5 Å². The zero-order valence-corrected chi connectivity index (χ0v) is 14.8. The molecule has 8 N–H and O–H groups in total. The van der Waals surface area contributed by atoms with Gasteiger partial charge in [-0.2, -0.15) is 0 Å². The van der Waals surface area contributed by atoms with Crippen molar-refractivity contribution < 1.29 is 42.2 Å². The topological polar surface area (TPSA) is 179 Å². The Hall–Kier alpha value is -0.772. The Balaban J connectivity index is 0.00000242. The van der Waals surface area contributed by atoms with Crippen LogP contribution in [-0.2, 0) is 10.8 Å². The molecule has 0 radical (unpaired) electrons. The minimum absolute atomic E-state index is 0. The van der Waals surface area contributed by atoms with E-state index in [4.69, 9.17) is 11.1 Å². The van der Waals surface area contributed by atoms with E-state index in [0.29, 0.717) is 0 Å². The molecule has 1 heterocycles. The molecule has 1 aromatic rings. The van der Waals surface area contributed by atoms with Gasteiger partial charge >= 0.3 is 130 Å². The fourth-order valence-electron chi connectivity index (χ4n) is 1.92. The van der Waals surface area contributed by atoms with Gasteiger partial charge in [0.2, 0.25) is 0 Å². The Morgan fingerprint density at radius 3 is 2.26 bits per heavy atom. The molecule has 4 atom stereocenters. The van der Waals surface area contributed by atoms with Crippen LogP contribution in [0.1, 0.15) is 5.56 Å². The summed E-state index contributed by atoms with van der Waals surface area (Å²) in [5.41, 5.74) is 1.08. The summed E-state index contributed by atoms with van der Waals surface area (Å²) in [6, 6.07) is 7.51. The normalized spacial score (nSPS) is 23.5. The third-order valence-corrected chi connectivity index (χ3v) is 7.77. The van der Waals surface area contributed by atoms with Gasteiger partial charge in [-0.1, -0.05) is 0 Å². The maximum Gasteiger partial charge on any atom is -0.412 e. The van der Waals surface area contributed by atoms with E-state index < -0.39 is 58.0 Å². The van der Waals surface area contributed by atoms with Gasteiger partial charge in [-0.15, -0.1) is 0 Å². The minimum atomic E-state index is -2.83. The van der Waals surface area contributed by atoms with Gasteiger partial charge in [0, 0.05) is 0 Å². The predicted octanol–water partition coefficient (Wildman–Crippen LogP) is -3.38. The summed E-state index contributed by atoms with van der Waals surface area (Å²) in [7, 11) is 0. The third-order valence-electron chi connectivity index (χ3n) is 3.15. The van der Waals surface area contributed by atoms with Crippen molar-refractivity contribution in [2.45, 2.75) is 31.3 Å². The Morgan fingerprint density at radius 2 is 1.78 bits per heavy atom. The SMILES string of the molecule is Cc1cc[c]([Sb]2[O][C@H]([C@H](O)[C@H](O)C(=O)O)[C@@H](CO)[O]2)cc1.O.O. The smallest absolute Gasteiger partial charge is 0.412 e. The van der Waals surface area contributed by atoms with Gasteiger partial charge in [-0.05, 0) is 0 Å². The number of carboxylic acids is 1. The number of carbonyl (C=O) groups is 1. The standard InChI is InChI=1S/C7H7.C6H10O7.2H2O.Sb/c1-7-5-3-2-4-6-7;7-1-2(8)3(9)4(10)5(11)6(12)13;;;/h3-6H,1H3;2-5,7,10-11H,1H2,(H,12,13);2*1H2;/q;-2;;;+2/t;2-,3+,4+,5+;;;/m.1.../s1. The maximum absolute atomic E-state index is 10.7. The summed E-state index contributed by atoms with van der Waals surface area (Å²) in [6.45, 7) is 1.53. The van der Waals surface area contributed by atoms with Gasteiger partial charge in [0.1, 0.15) is 0 Å². The van der Waals surface area contributed by atoms with Crippen molar-refractivity contribution in [3.8, 4) is 0 Å². The molecular weight excluding hydrogens is 422 g/mol. The van der Waals surface area contributed by atoms with Gasteiger partial charge in [-0.25, -0.2) is 0 Å². The van der Waals surface area contributed by atoms with Crippen LogP contribution in [0.25, 0.3) is 0 Å². The number of hydrogen-bond donors (Lipinski definition) is 4. The summed E-state index contributed by atoms with van der Waals surface area (Å²) in [4.78, 5) is 10.7. The molecule has 1 aliphatic rings. The first-order chi connectivity index (χ1) is 9.93. The first-order valence-electron chi connectivity index (χ1n) is 6.34. The van der Waals surface area contributed by atoms with Crippen molar-refractivity contribution in [3.63, 3.8) is 0 Å². The van der Waals surface area contributed by atoms with Crippen molar-refractivity contribution in [3.05, 3.63) is 29.8 Å². The van der Waals surface area contributed by atoms with E-state index in [2.05, 4.69) is 0 Å². The van der Waals surface area contributed by atoms with Crippen molar-refractivity contribution in [1.82, 2.24) is 0 Å². The molecule has 23 heavy (non-hydrogen) atoms. The van der Waals surface area contributed by atoms with Gasteiger partial charge in [0.15, 0.2) is 0 Å². The molecule has 0 unspecified atom stereocenters. The summed E-state index contributed by atoms with van der Waals surface area (Å²) < 4.78 is 12.2. The molecule has 0 saturated carbocycles. The van der Waals surface area contributed by atoms with Crippen LogP contribution in [0.2, 0.25) is 0 Å². The van der Waals surface area contributed by atoms with Crippen LogP contribution >= 0.6 is 0 Å². The first kappa shape index (κ1) is 22.2. The molecule has 132 valence electrons. The number of hydrogen-bond acceptors (Lipinski definition) is 6. The average Bonchev–Trinajstić information content (AvgIpc) is 2.90. The van der Waals surface area contributed by atoms with E-state index in [1.807, 2.05) is 31.2 Å². The molecule has 1 aliphatic heterocycles. The van der Waals surface area contributed by atoms with Gasteiger partial charge in [0.05, 0.1) is 0 Å². The summed E-state index contributed by atoms with van der Waals surface area (Å²) >= 11 is -2.83. The number of benzene rings is 1. The second-order valence-electron chi connectivity index (χ2n) is 4.76. The zero-order valence-electron chi connectivity index (χ0n) is 12.3. The molecule has 0 bridgehead atoms. The van der Waals surface area contributed by atoms with Gasteiger partial charge in [-0.3, -0.25) is 0 Å². The number of carboxylic acid groups (broad SMARTS) is 1. The number of aliphatic hydroxyl groups excluding tert-OH is 3. The molecular formula is C13H21O9Sb. The monoisotopic (exact) mass is 442 g/mol. The fraction of sp³-hybridized carbons (Fsp3) is 0.462. The van der Waals surface area contributed by atoms with Crippen molar-refractivity contribution in [1.29, 1.82) is 0 Å². The molecule has 1 saturated heterocycles. The second-order valence-corrected chi connectivity index (χ2v) is 8.91. The van der Waals surface area contributed by atoms with Crippen molar-refractivity contribution in [2.24, 2.45) is 0 Å². The van der Waals surface area contributed by atoms with Crippen LogP contribution in [-0.4, -0.2) is 89.4 Å². The quantitative estimate of drug-likeness (QED) is 0.343. The molecule has 0 aromatic heterocycles. The minimum Gasteiger partial charge on any atom is -0.412 e. The zero-order chi connectivity index (χ0) is 15.6. The number of aliphatic carboxylic acids is 1. The molecule has 9 nitrogen and oxygen atoms in total. The van der Waals surface area contributed by atoms with Gasteiger partial charge in [0.25, 0.3) is 0 Å². The van der Waals surface area contributed by atoms with Crippen LogP contribution in [0.3, 0.4) is 0 Å². The number of aliphatic hydroxyl groups is 3. The molecule has 1 aromatic carbocycles. The van der Waals surface area contributed by atoms with E-state index >= 15 is 0 Å². The summed E-state index contributed by atoms with van der Waals surface area (Å²) in [6.07, 6.45) is -5.52. The fourth-order valence-corrected chi connectivity index (χ4v) is 6.49. The summed E-state index contributed by atoms with van der Waals surface area (Å²) in [5.74, 6) is -1.55. The Bertz CT molecular complexity index is 495. The Labute approximate surface area is 140 Å². The van der Waals surface area contributed by atoms with Crippen LogP contribution in [0.15, 0.2) is 24.3 Å². The number of aryl methyl sites for hydroxylation is 1. The maximum atomic E-state index is 10.7. The van der Waals surface area contributed by atoms with Crippen LogP contribution < -0.4 is 3.51 Å². The molecule has 10 heteroatoms. The summed E-state index contributed by atoms with van der Waals surface area (Å²) in [5, 5.41) is 37.3. The van der Waals surface area contributed by atoms with Crippen LogP contribution in [0.4, 0.5) is 0 Å². The third kappa shape index (κ3) is 5.10. The molecule has 2 rings (SSSR count). The van der Waals surface area contributed by atoms with Crippen molar-refractivity contribution in [2.75, 3.05) is 6.61 Å². The van der Waals surface area contributed by atoms with E-state index in [0.717, 1.165) is 9.07 Å². The Morgan fingerprint density at radius 1 is 1.22 bits per heavy atom. The predicted molar refractivity (Wildman–Crippen MR) is 80.3 cm³/mol. The molecule has 0 amide bonds. The van der Waals surface area contributed by atoms with E-state index in [9.17, 15) is 20.1 Å². The average molecular weight is 443 g/mol. The second kappa shape index (κ2) is 9.51. The van der Waals surface area contributed by atoms with Crippen LogP contribution in [0, 0.1) is 6.92 Å². The van der Waals surface area contributed by atoms with E-state index in [-0.39, 0.29) is 11.0 Å². The van der Waals surface area contributed by atoms with E-state index in [1.54, 1.807) is 0 Å². The molecule has 1 fully saturated rings. The van der Waals surface area contributed by atoms with E-state index in [1.165, 1.54) is 0 Å².